The van der Waals surface area contributed by atoms with Crippen LogP contribution in [0, 0.1) is 10.1 Å². The number of non-ortho nitro benzene ring substituents is 1. The van der Waals surface area contributed by atoms with Gasteiger partial charge in [-0.2, -0.15) is 0 Å². The fraction of sp³-hybridized carbons (Fsp3) is 0.387. The van der Waals surface area contributed by atoms with Crippen LogP contribution in [0.2, 0.25) is 0 Å². The van der Waals surface area contributed by atoms with Gasteiger partial charge in [0.15, 0.2) is 6.29 Å². The van der Waals surface area contributed by atoms with Crippen LogP contribution >= 0.6 is 0 Å². The lowest BCUT2D eigenvalue weighted by Gasteiger charge is -2.41. The Morgan fingerprint density at radius 3 is 2.40 bits per heavy atom. The zero-order valence-corrected chi connectivity index (χ0v) is 23.6. The Hall–Kier alpha value is -4.03. The number of rotatable bonds is 9. The minimum atomic E-state index is -0.622. The van der Waals surface area contributed by atoms with Crippen molar-refractivity contribution in [3.63, 3.8) is 0 Å². The van der Waals surface area contributed by atoms with Crippen LogP contribution in [0.1, 0.15) is 42.4 Å². The first-order valence-corrected chi connectivity index (χ1v) is 14.3. The van der Waals surface area contributed by atoms with Gasteiger partial charge in [-0.25, -0.2) is 4.79 Å². The lowest BCUT2D eigenvalue weighted by molar-refractivity contribution is -0.384. The number of nitrogens with zero attached hydrogens (tertiary/aromatic N) is 3. The molecule has 2 aliphatic rings. The second-order valence-corrected chi connectivity index (χ2v) is 10.5. The second-order valence-electron chi connectivity index (χ2n) is 10.5. The van der Waals surface area contributed by atoms with E-state index in [1.54, 1.807) is 12.1 Å². The summed E-state index contributed by atoms with van der Waals surface area (Å²) in [6.45, 7) is 6.40. The number of aliphatic hydroxyl groups excluding tert-OH is 1. The van der Waals surface area contributed by atoms with Crippen molar-refractivity contribution in [1.82, 2.24) is 10.2 Å². The SMILES string of the molecule is CCNC(=O)Nc1cccc([C@@H]2O[C@H](CN3CCN(c4ccc([N+](=O)[O-])cc4)CC3)C[C@H](c3ccc(CO)cc3)O2)c1. The maximum Gasteiger partial charge on any atom is 0.319 e. The van der Waals surface area contributed by atoms with Gasteiger partial charge < -0.3 is 30.1 Å². The van der Waals surface area contributed by atoms with Crippen LogP contribution in [0.15, 0.2) is 72.8 Å². The number of nitrogens with one attached hydrogen (secondary N) is 2. The van der Waals surface area contributed by atoms with Crippen molar-refractivity contribution >= 4 is 23.1 Å². The van der Waals surface area contributed by atoms with Crippen LogP contribution in [0.5, 0.6) is 0 Å². The third-order valence-corrected chi connectivity index (χ3v) is 7.63. The molecule has 3 N–H and O–H groups in total. The van der Waals surface area contributed by atoms with E-state index in [1.807, 2.05) is 67.6 Å². The molecule has 2 aliphatic heterocycles. The normalized spacial score (nSPS) is 21.1. The van der Waals surface area contributed by atoms with Crippen LogP contribution in [0.3, 0.4) is 0 Å². The average Bonchev–Trinajstić information content (AvgIpc) is 3.01. The number of ether oxygens (including phenoxy) is 2. The second kappa shape index (κ2) is 13.8. The fourth-order valence-electron chi connectivity index (χ4n) is 5.39. The van der Waals surface area contributed by atoms with E-state index in [1.165, 1.54) is 0 Å². The highest BCUT2D eigenvalue weighted by molar-refractivity contribution is 5.89. The smallest absolute Gasteiger partial charge is 0.319 e. The number of benzene rings is 3. The molecule has 0 saturated carbocycles. The molecule has 3 aromatic rings. The van der Waals surface area contributed by atoms with Crippen molar-refractivity contribution in [3.05, 3.63) is 99.6 Å². The Bertz CT molecular complexity index is 1340. The number of carbonyl (C=O) groups is 1. The van der Waals surface area contributed by atoms with Crippen molar-refractivity contribution in [2.75, 3.05) is 49.5 Å². The predicted octanol–water partition coefficient (Wildman–Crippen LogP) is 4.60. The van der Waals surface area contributed by atoms with Gasteiger partial charge in [0.1, 0.15) is 0 Å². The highest BCUT2D eigenvalue weighted by Crippen LogP contribution is 2.39. The number of hydrogen-bond acceptors (Lipinski definition) is 8. The molecule has 11 nitrogen and oxygen atoms in total. The van der Waals surface area contributed by atoms with E-state index in [-0.39, 0.29) is 35.5 Å². The molecule has 3 aromatic carbocycles. The number of piperazine rings is 1. The first-order chi connectivity index (χ1) is 20.4. The van der Waals surface area contributed by atoms with Gasteiger partial charge in [0.05, 0.1) is 23.7 Å². The highest BCUT2D eigenvalue weighted by atomic mass is 16.7. The van der Waals surface area contributed by atoms with E-state index in [9.17, 15) is 20.0 Å². The van der Waals surface area contributed by atoms with Gasteiger partial charge in [-0.05, 0) is 42.3 Å². The third-order valence-electron chi connectivity index (χ3n) is 7.63. The van der Waals surface area contributed by atoms with E-state index in [4.69, 9.17) is 9.47 Å². The van der Waals surface area contributed by atoms with Gasteiger partial charge in [-0.3, -0.25) is 15.0 Å². The van der Waals surface area contributed by atoms with Gasteiger partial charge >= 0.3 is 6.03 Å². The molecule has 11 heteroatoms. The maximum atomic E-state index is 12.1. The van der Waals surface area contributed by atoms with E-state index in [0.29, 0.717) is 18.7 Å². The Morgan fingerprint density at radius 2 is 1.74 bits per heavy atom. The standard InChI is InChI=1S/C31H37N5O6/c1-2-32-31(38)33-25-5-3-4-24(18-25)30-41-28(19-29(42-30)23-8-6-22(21-37)7-9-23)20-34-14-16-35(17-15-34)26-10-12-27(13-11-26)36(39)40/h3-13,18,28-30,37H,2,14-17,19-21H2,1H3,(H2,32,33,38)/t28-,29+,30+/m0/s1. The minimum absolute atomic E-state index is 0.0165. The van der Waals surface area contributed by atoms with Crippen LogP contribution < -0.4 is 15.5 Å². The molecule has 222 valence electrons. The molecule has 42 heavy (non-hydrogen) atoms. The van der Waals surface area contributed by atoms with Gasteiger partial charge in [0, 0.05) is 74.8 Å². The zero-order chi connectivity index (χ0) is 29.5. The molecular formula is C31H37N5O6. The Labute approximate surface area is 245 Å². The largest absolute Gasteiger partial charge is 0.392 e. The summed E-state index contributed by atoms with van der Waals surface area (Å²) < 4.78 is 13.0. The van der Waals surface area contributed by atoms with Crippen molar-refractivity contribution < 1.29 is 24.3 Å². The van der Waals surface area contributed by atoms with Crippen LogP contribution in [0.25, 0.3) is 0 Å². The number of hydrogen-bond donors (Lipinski definition) is 3. The van der Waals surface area contributed by atoms with Gasteiger partial charge in [0.25, 0.3) is 5.69 Å². The summed E-state index contributed by atoms with van der Waals surface area (Å²) in [6.07, 6.45) is -0.252. The molecular weight excluding hydrogens is 538 g/mol. The summed E-state index contributed by atoms with van der Waals surface area (Å²) in [5.74, 6) is 0. The monoisotopic (exact) mass is 575 g/mol. The molecule has 3 atom stereocenters. The Balaban J connectivity index is 1.27. The van der Waals surface area contributed by atoms with Crippen molar-refractivity contribution in [3.8, 4) is 0 Å². The zero-order valence-electron chi connectivity index (χ0n) is 23.6. The molecule has 2 fully saturated rings. The number of nitro groups is 1. The van der Waals surface area contributed by atoms with Gasteiger partial charge in [0.2, 0.25) is 0 Å². The molecule has 0 aromatic heterocycles. The van der Waals surface area contributed by atoms with E-state index in [2.05, 4.69) is 20.4 Å². The summed E-state index contributed by atoms with van der Waals surface area (Å²) in [5.41, 5.74) is 4.40. The number of aliphatic hydroxyl groups is 1. The molecule has 2 heterocycles. The molecule has 2 amide bonds. The van der Waals surface area contributed by atoms with E-state index < -0.39 is 6.29 Å². The lowest BCUT2D eigenvalue weighted by Crippen LogP contribution is -2.49. The first kappa shape index (κ1) is 29.5. The van der Waals surface area contributed by atoms with Crippen LogP contribution in [-0.4, -0.2) is 66.3 Å². The third kappa shape index (κ3) is 7.42. The summed E-state index contributed by atoms with van der Waals surface area (Å²) in [5, 5.41) is 26.1. The molecule has 0 unspecified atom stereocenters. The van der Waals surface area contributed by atoms with Crippen molar-refractivity contribution in [2.24, 2.45) is 0 Å². The molecule has 2 saturated heterocycles. The lowest BCUT2D eigenvalue weighted by atomic mass is 9.99. The van der Waals surface area contributed by atoms with Crippen molar-refractivity contribution in [1.29, 1.82) is 0 Å². The van der Waals surface area contributed by atoms with Crippen molar-refractivity contribution in [2.45, 2.75) is 38.4 Å². The highest BCUT2D eigenvalue weighted by Gasteiger charge is 2.34. The van der Waals surface area contributed by atoms with Crippen LogP contribution in [-0.2, 0) is 16.1 Å². The predicted molar refractivity (Wildman–Crippen MR) is 159 cm³/mol. The van der Waals surface area contributed by atoms with Gasteiger partial charge in [-0.1, -0.05) is 36.4 Å². The summed E-state index contributed by atoms with van der Waals surface area (Å²) in [6, 6.07) is 21.7. The number of anilines is 2. The topological polar surface area (TPSA) is 129 Å². The molecule has 0 spiro atoms. The van der Waals surface area contributed by atoms with E-state index >= 15 is 0 Å². The maximum absolute atomic E-state index is 12.1. The summed E-state index contributed by atoms with van der Waals surface area (Å²) in [4.78, 5) is 27.3. The average molecular weight is 576 g/mol. The number of carbonyl (C=O) groups excluding carboxylic acids is 1. The minimum Gasteiger partial charge on any atom is -0.392 e. The number of urea groups is 1. The Kier molecular flexibility index (Phi) is 9.65. The van der Waals surface area contributed by atoms with E-state index in [0.717, 1.165) is 55.1 Å². The number of nitro benzene ring substituents is 1. The van der Waals surface area contributed by atoms with Crippen LogP contribution in [0.4, 0.5) is 21.9 Å². The molecule has 0 aliphatic carbocycles. The van der Waals surface area contributed by atoms with Gasteiger partial charge in [-0.15, -0.1) is 0 Å². The molecule has 0 radical (unpaired) electrons. The molecule has 0 bridgehead atoms. The summed E-state index contributed by atoms with van der Waals surface area (Å²) >= 11 is 0. The Morgan fingerprint density at radius 1 is 1.00 bits per heavy atom. The fourth-order valence-corrected chi connectivity index (χ4v) is 5.39. The first-order valence-electron chi connectivity index (χ1n) is 14.3. The quantitative estimate of drug-likeness (QED) is 0.250. The molecule has 5 rings (SSSR count). The number of amides is 2. The summed E-state index contributed by atoms with van der Waals surface area (Å²) in [7, 11) is 0.